The molecule has 0 amide bonds. The molecule has 1 saturated heterocycles. The van der Waals surface area contributed by atoms with Crippen molar-refractivity contribution in [2.24, 2.45) is 0 Å². The average Bonchev–Trinajstić information content (AvgIpc) is 2.51. The quantitative estimate of drug-likeness (QED) is 0.510. The second kappa shape index (κ2) is 7.80. The highest BCUT2D eigenvalue weighted by atomic mass is 35.5. The first-order chi connectivity index (χ1) is 10.2. The number of hydrogen-bond donors (Lipinski definition) is 5. The predicted octanol–water partition coefficient (Wildman–Crippen LogP) is 1.42. The number of nitrogens with one attached hydrogen (secondary N) is 5. The predicted molar refractivity (Wildman–Crippen MR) is 86.1 cm³/mol. The van der Waals surface area contributed by atoms with Gasteiger partial charge in [0.05, 0.1) is 11.9 Å². The lowest BCUT2D eigenvalue weighted by Crippen LogP contribution is -2.38. The van der Waals surface area contributed by atoms with Gasteiger partial charge in [-0.2, -0.15) is 4.98 Å². The SMILES string of the molecule is CN/C=C(\C=N)Nc1ncc(Cl)c(NC2CCCNC2)n1. The van der Waals surface area contributed by atoms with Crippen molar-refractivity contribution in [1.82, 2.24) is 20.6 Å². The van der Waals surface area contributed by atoms with Gasteiger partial charge in [0.2, 0.25) is 5.95 Å². The van der Waals surface area contributed by atoms with Crippen LogP contribution in [0.4, 0.5) is 11.8 Å². The van der Waals surface area contributed by atoms with E-state index in [0.717, 1.165) is 25.9 Å². The van der Waals surface area contributed by atoms with E-state index >= 15 is 0 Å². The summed E-state index contributed by atoms with van der Waals surface area (Å²) in [5.41, 5.74) is 0.560. The van der Waals surface area contributed by atoms with Gasteiger partial charge in [-0.15, -0.1) is 0 Å². The van der Waals surface area contributed by atoms with Crippen LogP contribution in [-0.4, -0.2) is 42.4 Å². The van der Waals surface area contributed by atoms with Crippen LogP contribution in [0.5, 0.6) is 0 Å². The number of aromatic nitrogens is 2. The summed E-state index contributed by atoms with van der Waals surface area (Å²) in [7, 11) is 1.76. The van der Waals surface area contributed by atoms with Crippen molar-refractivity contribution in [2.45, 2.75) is 18.9 Å². The highest BCUT2D eigenvalue weighted by Crippen LogP contribution is 2.21. The Balaban J connectivity index is 2.08. The zero-order valence-corrected chi connectivity index (χ0v) is 12.7. The van der Waals surface area contributed by atoms with Crippen molar-refractivity contribution < 1.29 is 0 Å². The number of hydrogen-bond acceptors (Lipinski definition) is 7. The normalized spacial score (nSPS) is 19.0. The molecule has 0 radical (unpaired) electrons. The smallest absolute Gasteiger partial charge is 0.229 e. The van der Waals surface area contributed by atoms with Crippen LogP contribution in [0.3, 0.4) is 0 Å². The Kier molecular flexibility index (Phi) is 5.77. The molecule has 1 aliphatic rings. The average molecular weight is 310 g/mol. The van der Waals surface area contributed by atoms with E-state index in [2.05, 4.69) is 31.2 Å². The van der Waals surface area contributed by atoms with Gasteiger partial charge in [-0.25, -0.2) is 4.98 Å². The molecule has 21 heavy (non-hydrogen) atoms. The topological polar surface area (TPSA) is 97.8 Å². The number of rotatable bonds is 6. The number of nitrogens with zero attached hydrogens (tertiary/aromatic N) is 2. The van der Waals surface area contributed by atoms with Crippen LogP contribution < -0.4 is 21.3 Å². The minimum absolute atomic E-state index is 0.314. The first-order valence-corrected chi connectivity index (χ1v) is 7.25. The highest BCUT2D eigenvalue weighted by molar-refractivity contribution is 6.32. The van der Waals surface area contributed by atoms with Gasteiger partial charge in [0.1, 0.15) is 5.02 Å². The molecule has 1 unspecified atom stereocenters. The molecule has 0 saturated carbocycles. The summed E-state index contributed by atoms with van der Waals surface area (Å²) in [5.74, 6) is 1.01. The Bertz CT molecular complexity index is 511. The number of anilines is 2. The number of halogens is 1. The molecule has 5 N–H and O–H groups in total. The van der Waals surface area contributed by atoms with E-state index in [0.29, 0.717) is 28.5 Å². The molecule has 0 aliphatic carbocycles. The molecule has 2 heterocycles. The van der Waals surface area contributed by atoms with E-state index in [1.807, 2.05) is 0 Å². The van der Waals surface area contributed by atoms with Crippen molar-refractivity contribution >= 4 is 29.6 Å². The van der Waals surface area contributed by atoms with Gasteiger partial charge in [-0.1, -0.05) is 11.6 Å². The first kappa shape index (κ1) is 15.5. The van der Waals surface area contributed by atoms with Gasteiger partial charge in [-0.3, -0.25) is 0 Å². The lowest BCUT2D eigenvalue weighted by atomic mass is 10.1. The van der Waals surface area contributed by atoms with Gasteiger partial charge < -0.3 is 26.7 Å². The summed E-state index contributed by atoms with van der Waals surface area (Å²) in [6, 6.07) is 0.314. The van der Waals surface area contributed by atoms with Gasteiger partial charge in [0.25, 0.3) is 0 Å². The number of piperidine rings is 1. The van der Waals surface area contributed by atoms with Crippen LogP contribution in [0.1, 0.15) is 12.8 Å². The van der Waals surface area contributed by atoms with Crippen molar-refractivity contribution in [1.29, 1.82) is 5.41 Å². The zero-order valence-electron chi connectivity index (χ0n) is 11.9. The Morgan fingerprint density at radius 3 is 3.10 bits per heavy atom. The molecule has 2 rings (SSSR count). The summed E-state index contributed by atoms with van der Waals surface area (Å²) in [4.78, 5) is 8.49. The largest absolute Gasteiger partial charge is 0.392 e. The lowest BCUT2D eigenvalue weighted by Gasteiger charge is -2.24. The third-order valence-corrected chi connectivity index (χ3v) is 3.37. The molecule has 1 aromatic rings. The second-order valence-electron chi connectivity index (χ2n) is 4.74. The Morgan fingerprint density at radius 2 is 2.43 bits per heavy atom. The van der Waals surface area contributed by atoms with Crippen LogP contribution in [0.15, 0.2) is 18.1 Å². The van der Waals surface area contributed by atoms with Crippen molar-refractivity contribution in [3.8, 4) is 0 Å². The van der Waals surface area contributed by atoms with E-state index in [1.165, 1.54) is 6.21 Å². The minimum atomic E-state index is 0.314. The van der Waals surface area contributed by atoms with E-state index < -0.39 is 0 Å². The molecule has 1 aliphatic heterocycles. The maximum absolute atomic E-state index is 7.31. The summed E-state index contributed by atoms with van der Waals surface area (Å²) < 4.78 is 0. The van der Waals surface area contributed by atoms with Crippen LogP contribution in [0.2, 0.25) is 5.02 Å². The van der Waals surface area contributed by atoms with Crippen LogP contribution in [0, 0.1) is 5.41 Å². The molecule has 114 valence electrons. The van der Waals surface area contributed by atoms with E-state index in [4.69, 9.17) is 17.0 Å². The van der Waals surface area contributed by atoms with Crippen molar-refractivity contribution in [3.63, 3.8) is 0 Å². The fourth-order valence-corrected chi connectivity index (χ4v) is 2.24. The fraction of sp³-hybridized carbons (Fsp3) is 0.462. The molecule has 1 fully saturated rings. The molecule has 0 spiro atoms. The van der Waals surface area contributed by atoms with Gasteiger partial charge in [-0.05, 0) is 19.4 Å². The minimum Gasteiger partial charge on any atom is -0.392 e. The Labute approximate surface area is 129 Å². The van der Waals surface area contributed by atoms with Gasteiger partial charge in [0.15, 0.2) is 5.82 Å². The third-order valence-electron chi connectivity index (χ3n) is 3.09. The van der Waals surface area contributed by atoms with Crippen molar-refractivity contribution in [3.05, 3.63) is 23.1 Å². The highest BCUT2D eigenvalue weighted by Gasteiger charge is 2.15. The Morgan fingerprint density at radius 1 is 1.57 bits per heavy atom. The van der Waals surface area contributed by atoms with E-state index in [9.17, 15) is 0 Å². The molecular weight excluding hydrogens is 290 g/mol. The van der Waals surface area contributed by atoms with Crippen LogP contribution >= 0.6 is 11.6 Å². The summed E-state index contributed by atoms with van der Waals surface area (Å²) in [6.45, 7) is 1.95. The van der Waals surface area contributed by atoms with Crippen molar-refractivity contribution in [2.75, 3.05) is 30.8 Å². The van der Waals surface area contributed by atoms with Crippen LogP contribution in [0.25, 0.3) is 0 Å². The zero-order chi connectivity index (χ0) is 15.1. The van der Waals surface area contributed by atoms with Crippen LogP contribution in [-0.2, 0) is 0 Å². The maximum atomic E-state index is 7.31. The molecule has 8 heteroatoms. The number of allylic oxidation sites excluding steroid dienone is 1. The molecule has 0 bridgehead atoms. The Hall–Kier alpha value is -1.86. The lowest BCUT2D eigenvalue weighted by molar-refractivity contribution is 0.479. The molecular formula is C13H20ClN7. The second-order valence-corrected chi connectivity index (χ2v) is 5.14. The fourth-order valence-electron chi connectivity index (χ4n) is 2.10. The van der Waals surface area contributed by atoms with E-state index in [1.54, 1.807) is 19.4 Å². The monoisotopic (exact) mass is 309 g/mol. The summed E-state index contributed by atoms with van der Waals surface area (Å²) >= 11 is 6.14. The molecule has 0 aromatic carbocycles. The molecule has 1 aromatic heterocycles. The first-order valence-electron chi connectivity index (χ1n) is 6.87. The molecule has 7 nitrogen and oxygen atoms in total. The van der Waals surface area contributed by atoms with Gasteiger partial charge in [0, 0.05) is 32.0 Å². The van der Waals surface area contributed by atoms with Gasteiger partial charge >= 0.3 is 0 Å². The summed E-state index contributed by atoms with van der Waals surface area (Å²) in [5, 5.41) is 20.3. The standard InChI is InChI=1S/C13H20ClN7/c1-16-6-10(5-15)20-13-18-8-11(14)12(21-13)19-9-3-2-4-17-7-9/h5-6,8-9,15-17H,2-4,7H2,1H3,(H2,18,19,20,21)/b10-6+,15-5?. The maximum Gasteiger partial charge on any atom is 0.229 e. The summed E-state index contributed by atoms with van der Waals surface area (Å²) in [6.07, 6.45) is 6.61. The van der Waals surface area contributed by atoms with E-state index in [-0.39, 0.29) is 0 Å². The third kappa shape index (κ3) is 4.57. The molecule has 1 atom stereocenters.